The van der Waals surface area contributed by atoms with E-state index in [1.54, 1.807) is 0 Å². The second-order valence-electron chi connectivity index (χ2n) is 7.83. The number of amides is 1. The summed E-state index contributed by atoms with van der Waals surface area (Å²) in [5, 5.41) is 5.43. The third-order valence-electron chi connectivity index (χ3n) is 5.60. The third kappa shape index (κ3) is 3.92. The first kappa shape index (κ1) is 19.1. The molecule has 0 radical (unpaired) electrons. The lowest BCUT2D eigenvalue weighted by molar-refractivity contribution is -0.116. The number of fused-ring (bicyclic) bond motifs is 2. The van der Waals surface area contributed by atoms with E-state index in [9.17, 15) is 4.79 Å². The van der Waals surface area contributed by atoms with E-state index in [0.717, 1.165) is 28.1 Å². The van der Waals surface area contributed by atoms with Crippen molar-refractivity contribution >= 4 is 33.4 Å². The Kier molecular flexibility index (Phi) is 4.97. The van der Waals surface area contributed by atoms with E-state index in [2.05, 4.69) is 47.8 Å². The van der Waals surface area contributed by atoms with E-state index >= 15 is 0 Å². The summed E-state index contributed by atoms with van der Waals surface area (Å²) in [7, 11) is 0. The van der Waals surface area contributed by atoms with Crippen molar-refractivity contribution in [2.45, 2.75) is 19.9 Å². The van der Waals surface area contributed by atoms with Crippen molar-refractivity contribution in [3.63, 3.8) is 0 Å². The molecule has 5 rings (SSSR count). The number of carbonyl (C=O) groups excluding carboxylic acids is 1. The molecular formula is C27H23N3O. The minimum Gasteiger partial charge on any atom is -0.325 e. The van der Waals surface area contributed by atoms with Crippen LogP contribution >= 0.6 is 0 Å². The standard InChI is InChI=1S/C27H23N3O/c1-19-13-15-22(16-14-19)28-27(31)18-30-25-12-5-4-11-24(25)29-26(30)17-21-9-6-8-20-7-2-3-10-23(20)21/h2-16H,17-18H2,1H3,(H,28,31). The minimum absolute atomic E-state index is 0.0637. The molecule has 0 aliphatic rings. The summed E-state index contributed by atoms with van der Waals surface area (Å²) in [6.45, 7) is 2.25. The maximum absolute atomic E-state index is 12.9. The van der Waals surface area contributed by atoms with Crippen LogP contribution in [0.2, 0.25) is 0 Å². The Labute approximate surface area is 181 Å². The number of nitrogens with one attached hydrogen (secondary N) is 1. The van der Waals surface area contributed by atoms with Crippen LogP contribution in [-0.2, 0) is 17.8 Å². The lowest BCUT2D eigenvalue weighted by Gasteiger charge is -2.11. The third-order valence-corrected chi connectivity index (χ3v) is 5.60. The molecule has 1 N–H and O–H groups in total. The van der Waals surface area contributed by atoms with Gasteiger partial charge < -0.3 is 9.88 Å². The second-order valence-corrected chi connectivity index (χ2v) is 7.83. The Morgan fingerprint density at radius 1 is 0.871 bits per heavy atom. The highest BCUT2D eigenvalue weighted by molar-refractivity contribution is 5.92. The predicted molar refractivity (Wildman–Crippen MR) is 126 cm³/mol. The van der Waals surface area contributed by atoms with Gasteiger partial charge in [0.25, 0.3) is 0 Å². The average molecular weight is 406 g/mol. The van der Waals surface area contributed by atoms with E-state index in [1.165, 1.54) is 16.3 Å². The van der Waals surface area contributed by atoms with Gasteiger partial charge in [0, 0.05) is 12.1 Å². The molecule has 0 aliphatic carbocycles. The molecule has 0 bridgehead atoms. The summed E-state index contributed by atoms with van der Waals surface area (Å²) in [6.07, 6.45) is 0.661. The number of rotatable bonds is 5. The summed E-state index contributed by atoms with van der Waals surface area (Å²) in [4.78, 5) is 17.7. The van der Waals surface area contributed by atoms with Crippen LogP contribution in [0, 0.1) is 6.92 Å². The first-order chi connectivity index (χ1) is 15.2. The monoisotopic (exact) mass is 405 g/mol. The summed E-state index contributed by atoms with van der Waals surface area (Å²) < 4.78 is 2.03. The van der Waals surface area contributed by atoms with Crippen LogP contribution in [-0.4, -0.2) is 15.5 Å². The number of imidazole rings is 1. The van der Waals surface area contributed by atoms with E-state index in [-0.39, 0.29) is 12.5 Å². The first-order valence-corrected chi connectivity index (χ1v) is 10.4. The van der Waals surface area contributed by atoms with Crippen LogP contribution < -0.4 is 5.32 Å². The van der Waals surface area contributed by atoms with E-state index < -0.39 is 0 Å². The highest BCUT2D eigenvalue weighted by atomic mass is 16.1. The number of carbonyl (C=O) groups is 1. The van der Waals surface area contributed by atoms with Gasteiger partial charge in [-0.2, -0.15) is 0 Å². The van der Waals surface area contributed by atoms with Crippen molar-refractivity contribution < 1.29 is 4.79 Å². The van der Waals surface area contributed by atoms with Gasteiger partial charge in [0.2, 0.25) is 5.91 Å². The largest absolute Gasteiger partial charge is 0.325 e. The Morgan fingerprint density at radius 2 is 1.61 bits per heavy atom. The van der Waals surface area contributed by atoms with Crippen LogP contribution in [0.1, 0.15) is 17.0 Å². The Morgan fingerprint density at radius 3 is 2.48 bits per heavy atom. The summed E-state index contributed by atoms with van der Waals surface area (Å²) in [5.41, 5.74) is 5.04. The average Bonchev–Trinajstić information content (AvgIpc) is 3.12. The molecule has 0 unspecified atom stereocenters. The van der Waals surface area contributed by atoms with Crippen molar-refractivity contribution in [3.05, 3.63) is 108 Å². The fourth-order valence-electron chi connectivity index (χ4n) is 4.03. The van der Waals surface area contributed by atoms with Crippen LogP contribution in [0.4, 0.5) is 5.69 Å². The summed E-state index contributed by atoms with van der Waals surface area (Å²) >= 11 is 0. The van der Waals surface area contributed by atoms with Gasteiger partial charge in [-0.15, -0.1) is 0 Å². The van der Waals surface area contributed by atoms with E-state index in [4.69, 9.17) is 4.98 Å². The van der Waals surface area contributed by atoms with Crippen LogP contribution in [0.5, 0.6) is 0 Å². The van der Waals surface area contributed by atoms with Crippen molar-refractivity contribution in [3.8, 4) is 0 Å². The van der Waals surface area contributed by atoms with Gasteiger partial charge in [-0.1, -0.05) is 72.3 Å². The van der Waals surface area contributed by atoms with Gasteiger partial charge in [0.15, 0.2) is 0 Å². The molecule has 0 spiro atoms. The maximum atomic E-state index is 12.9. The van der Waals surface area contributed by atoms with E-state index in [0.29, 0.717) is 6.42 Å². The lowest BCUT2D eigenvalue weighted by Crippen LogP contribution is -2.20. The molecule has 4 heteroatoms. The van der Waals surface area contributed by atoms with E-state index in [1.807, 2.05) is 60.0 Å². The molecule has 1 aromatic heterocycles. The van der Waals surface area contributed by atoms with Gasteiger partial charge in [-0.05, 0) is 47.5 Å². The molecule has 1 heterocycles. The summed E-state index contributed by atoms with van der Waals surface area (Å²) in [5.74, 6) is 0.822. The molecule has 0 aliphatic heterocycles. The van der Waals surface area contributed by atoms with Gasteiger partial charge in [0.1, 0.15) is 12.4 Å². The number of hydrogen-bond acceptors (Lipinski definition) is 2. The number of para-hydroxylation sites is 2. The van der Waals surface area contributed by atoms with Crippen molar-refractivity contribution in [2.24, 2.45) is 0 Å². The van der Waals surface area contributed by atoms with Gasteiger partial charge >= 0.3 is 0 Å². The molecule has 5 aromatic rings. The fourth-order valence-corrected chi connectivity index (χ4v) is 4.03. The molecule has 0 saturated heterocycles. The highest BCUT2D eigenvalue weighted by Gasteiger charge is 2.15. The van der Waals surface area contributed by atoms with Gasteiger partial charge in [-0.3, -0.25) is 4.79 Å². The second kappa shape index (κ2) is 8.07. The zero-order valence-corrected chi connectivity index (χ0v) is 17.4. The molecule has 4 nitrogen and oxygen atoms in total. The number of anilines is 1. The van der Waals surface area contributed by atoms with Crippen LogP contribution in [0.25, 0.3) is 21.8 Å². The summed E-state index contributed by atoms with van der Waals surface area (Å²) in [6, 6.07) is 30.5. The van der Waals surface area contributed by atoms with Crippen molar-refractivity contribution in [1.82, 2.24) is 9.55 Å². The zero-order valence-electron chi connectivity index (χ0n) is 17.4. The molecular weight excluding hydrogens is 382 g/mol. The molecule has 1 amide bonds. The Bertz CT molecular complexity index is 1380. The minimum atomic E-state index is -0.0637. The topological polar surface area (TPSA) is 46.9 Å². The van der Waals surface area contributed by atoms with Gasteiger partial charge in [-0.25, -0.2) is 4.98 Å². The zero-order chi connectivity index (χ0) is 21.2. The van der Waals surface area contributed by atoms with Crippen LogP contribution in [0.3, 0.4) is 0 Å². The lowest BCUT2D eigenvalue weighted by atomic mass is 10.0. The maximum Gasteiger partial charge on any atom is 0.244 e. The highest BCUT2D eigenvalue weighted by Crippen LogP contribution is 2.24. The van der Waals surface area contributed by atoms with Gasteiger partial charge in [0.05, 0.1) is 11.0 Å². The number of hydrogen-bond donors (Lipinski definition) is 1. The number of nitrogens with zero attached hydrogens (tertiary/aromatic N) is 2. The molecule has 0 saturated carbocycles. The molecule has 0 fully saturated rings. The molecule has 31 heavy (non-hydrogen) atoms. The number of aromatic nitrogens is 2. The molecule has 0 atom stereocenters. The predicted octanol–water partition coefficient (Wildman–Crippen LogP) is 5.73. The first-order valence-electron chi connectivity index (χ1n) is 10.4. The van der Waals surface area contributed by atoms with Crippen molar-refractivity contribution in [2.75, 3.05) is 5.32 Å². The smallest absolute Gasteiger partial charge is 0.244 e. The molecule has 4 aromatic carbocycles. The van der Waals surface area contributed by atoms with Crippen LogP contribution in [0.15, 0.2) is 91.0 Å². The number of aryl methyl sites for hydroxylation is 1. The Hall–Kier alpha value is -3.92. The quantitative estimate of drug-likeness (QED) is 0.406. The Balaban J connectivity index is 1.49. The fraction of sp³-hybridized carbons (Fsp3) is 0.111. The molecule has 152 valence electrons. The SMILES string of the molecule is Cc1ccc(NC(=O)Cn2c(Cc3cccc4ccccc34)nc3ccccc32)cc1. The normalized spacial score (nSPS) is 11.1. The number of benzene rings is 4. The van der Waals surface area contributed by atoms with Crippen molar-refractivity contribution in [1.29, 1.82) is 0 Å².